The normalized spacial score (nSPS) is 19.4. The van der Waals surface area contributed by atoms with E-state index >= 15 is 0 Å². The van der Waals surface area contributed by atoms with Crippen molar-refractivity contribution in [1.29, 1.82) is 10.5 Å². The Morgan fingerprint density at radius 2 is 2.07 bits per heavy atom. The highest BCUT2D eigenvalue weighted by Gasteiger charge is 2.35. The first-order valence-electron chi connectivity index (χ1n) is 15.2. The minimum atomic E-state index is -0.0806. The second-order valence-corrected chi connectivity index (χ2v) is 13.2. The van der Waals surface area contributed by atoms with Crippen LogP contribution < -0.4 is 10.6 Å². The van der Waals surface area contributed by atoms with Crippen LogP contribution in [-0.4, -0.2) is 63.0 Å². The molecule has 43 heavy (non-hydrogen) atoms. The number of piperidine rings is 1. The fraction of sp³-hybridized carbons (Fsp3) is 0.548. The monoisotopic (exact) mass is 598 g/mol. The molecule has 1 fully saturated rings. The Balaban J connectivity index is 1.48. The van der Waals surface area contributed by atoms with E-state index in [0.717, 1.165) is 90.1 Å². The smallest absolute Gasteiger partial charge is 0.186 e. The summed E-state index contributed by atoms with van der Waals surface area (Å²) in [6, 6.07) is 5.06. The Hall–Kier alpha value is -4.00. The summed E-state index contributed by atoms with van der Waals surface area (Å²) in [6.45, 7) is 6.41. The van der Waals surface area contributed by atoms with Gasteiger partial charge < -0.3 is 20.1 Å². The van der Waals surface area contributed by atoms with E-state index in [4.69, 9.17) is 25.3 Å². The fourth-order valence-electron chi connectivity index (χ4n) is 6.42. The van der Waals surface area contributed by atoms with Gasteiger partial charge in [0.1, 0.15) is 22.6 Å². The molecule has 12 heteroatoms. The SMILES string of the molecule is CCCc1sc(N)c(C#N)c1C1CCCc2c(-c3nc(N4CCCC(C#N)C4)c4cnn(CC(C)N(C)C)c4n3)noc21. The van der Waals surface area contributed by atoms with Crippen molar-refractivity contribution in [3.8, 4) is 23.7 Å². The van der Waals surface area contributed by atoms with Gasteiger partial charge in [0, 0.05) is 35.5 Å². The van der Waals surface area contributed by atoms with Gasteiger partial charge in [-0.25, -0.2) is 14.6 Å². The number of rotatable bonds is 8. The van der Waals surface area contributed by atoms with Gasteiger partial charge in [0.05, 0.1) is 35.7 Å². The number of nitrogen functional groups attached to an aromatic ring is 1. The number of aryl methyl sites for hydroxylation is 1. The van der Waals surface area contributed by atoms with Crippen LogP contribution in [0.25, 0.3) is 22.6 Å². The van der Waals surface area contributed by atoms with E-state index < -0.39 is 0 Å². The summed E-state index contributed by atoms with van der Waals surface area (Å²) < 4.78 is 8.07. The van der Waals surface area contributed by atoms with Crippen molar-refractivity contribution in [3.05, 3.63) is 33.5 Å². The van der Waals surface area contributed by atoms with Crippen molar-refractivity contribution in [2.45, 2.75) is 77.3 Å². The molecule has 2 aliphatic rings. The Bertz CT molecular complexity index is 1720. The number of likely N-dealkylation sites (N-methyl/N-ethyl adjacent to an activating group) is 1. The van der Waals surface area contributed by atoms with Crippen molar-refractivity contribution in [1.82, 2.24) is 29.8 Å². The van der Waals surface area contributed by atoms with Gasteiger partial charge in [-0.2, -0.15) is 15.6 Å². The molecule has 0 aromatic carbocycles. The number of aromatic nitrogens is 5. The number of thiophene rings is 1. The zero-order valence-electron chi connectivity index (χ0n) is 25.3. The van der Waals surface area contributed by atoms with Crippen molar-refractivity contribution in [2.75, 3.05) is 37.8 Å². The maximum atomic E-state index is 10.0. The minimum absolute atomic E-state index is 0.0451. The van der Waals surface area contributed by atoms with Crippen molar-refractivity contribution in [2.24, 2.45) is 5.92 Å². The maximum absolute atomic E-state index is 10.0. The molecule has 1 aliphatic heterocycles. The first-order valence-corrected chi connectivity index (χ1v) is 16.0. The van der Waals surface area contributed by atoms with Crippen LogP contribution in [0.3, 0.4) is 0 Å². The molecule has 1 saturated heterocycles. The zero-order valence-corrected chi connectivity index (χ0v) is 26.1. The maximum Gasteiger partial charge on any atom is 0.186 e. The van der Waals surface area contributed by atoms with Crippen molar-refractivity contribution >= 4 is 33.2 Å². The molecule has 224 valence electrons. The van der Waals surface area contributed by atoms with E-state index in [0.29, 0.717) is 35.2 Å². The topological polar surface area (TPSA) is 150 Å². The summed E-state index contributed by atoms with van der Waals surface area (Å²) >= 11 is 1.52. The Labute approximate surface area is 255 Å². The Kier molecular flexibility index (Phi) is 8.08. The predicted octanol–water partition coefficient (Wildman–Crippen LogP) is 5.11. The summed E-state index contributed by atoms with van der Waals surface area (Å²) in [4.78, 5) is 15.7. The lowest BCUT2D eigenvalue weighted by atomic mass is 9.81. The first-order chi connectivity index (χ1) is 20.8. The van der Waals surface area contributed by atoms with Crippen LogP contribution in [-0.2, 0) is 19.4 Å². The molecule has 3 atom stereocenters. The standard InChI is InChI=1S/C31H38N10OS/c1-5-8-24-25(22(14-33)28(34)43-24)20-10-6-11-21-26(38-42-27(20)21)29-36-30(40-12-7-9-19(13-32)17-40)23-15-35-41(31(23)37-29)16-18(2)39(3)4/h15,18-20H,5-12,16-17,34H2,1-4H3. The molecule has 0 spiro atoms. The highest BCUT2D eigenvalue weighted by atomic mass is 32.1. The average Bonchev–Trinajstić information content (AvgIpc) is 3.71. The lowest BCUT2D eigenvalue weighted by molar-refractivity contribution is 0.278. The Morgan fingerprint density at radius 1 is 1.23 bits per heavy atom. The van der Waals surface area contributed by atoms with Gasteiger partial charge >= 0.3 is 0 Å². The zero-order chi connectivity index (χ0) is 30.2. The molecule has 11 nitrogen and oxygen atoms in total. The predicted molar refractivity (Wildman–Crippen MR) is 167 cm³/mol. The van der Waals surface area contributed by atoms with E-state index in [1.165, 1.54) is 11.3 Å². The summed E-state index contributed by atoms with van der Waals surface area (Å²) in [7, 11) is 4.11. The van der Waals surface area contributed by atoms with Crippen LogP contribution in [0.4, 0.5) is 10.8 Å². The van der Waals surface area contributed by atoms with E-state index in [9.17, 15) is 10.5 Å². The molecule has 4 aromatic heterocycles. The van der Waals surface area contributed by atoms with Crippen LogP contribution in [0.15, 0.2) is 10.7 Å². The average molecular weight is 599 g/mol. The van der Waals surface area contributed by atoms with E-state index in [-0.39, 0.29) is 17.9 Å². The molecule has 3 unspecified atom stereocenters. The molecule has 0 bridgehead atoms. The quantitative estimate of drug-likeness (QED) is 0.290. The van der Waals surface area contributed by atoms with Crippen LogP contribution in [0, 0.1) is 28.6 Å². The second kappa shape index (κ2) is 11.9. The summed E-state index contributed by atoms with van der Waals surface area (Å²) in [6.07, 6.45) is 8.11. The number of nitriles is 2. The number of nitrogens with zero attached hydrogens (tertiary/aromatic N) is 9. The third-order valence-electron chi connectivity index (χ3n) is 8.95. The molecule has 5 heterocycles. The van der Waals surface area contributed by atoms with Crippen LogP contribution in [0.1, 0.15) is 79.2 Å². The van der Waals surface area contributed by atoms with Gasteiger partial charge in [0.15, 0.2) is 17.2 Å². The number of anilines is 2. The lowest BCUT2D eigenvalue weighted by Gasteiger charge is -2.31. The Morgan fingerprint density at radius 3 is 2.81 bits per heavy atom. The molecule has 0 saturated carbocycles. The van der Waals surface area contributed by atoms with Gasteiger partial charge in [0.2, 0.25) is 0 Å². The molecular weight excluding hydrogens is 560 g/mol. The highest BCUT2D eigenvalue weighted by molar-refractivity contribution is 7.16. The third-order valence-corrected chi connectivity index (χ3v) is 10.0. The summed E-state index contributed by atoms with van der Waals surface area (Å²) in [5.41, 5.74) is 10.3. The fourth-order valence-corrected chi connectivity index (χ4v) is 7.60. The molecule has 4 aromatic rings. The van der Waals surface area contributed by atoms with Gasteiger partial charge in [-0.3, -0.25) is 0 Å². The van der Waals surface area contributed by atoms with Crippen LogP contribution >= 0.6 is 11.3 Å². The molecule has 0 amide bonds. The third kappa shape index (κ3) is 5.23. The van der Waals surface area contributed by atoms with Crippen molar-refractivity contribution < 1.29 is 4.52 Å². The number of hydrogen-bond donors (Lipinski definition) is 1. The number of nitrogens with two attached hydrogens (primary N) is 1. The minimum Gasteiger partial charge on any atom is -0.389 e. The molecule has 6 rings (SSSR count). The largest absolute Gasteiger partial charge is 0.389 e. The second-order valence-electron chi connectivity index (χ2n) is 12.0. The molecule has 1 aliphatic carbocycles. The number of hydrogen-bond acceptors (Lipinski definition) is 11. The summed E-state index contributed by atoms with van der Waals surface area (Å²) in [5.74, 6) is 1.95. The molecule has 0 radical (unpaired) electrons. The van der Waals surface area contributed by atoms with E-state index in [2.05, 4.69) is 55.0 Å². The first kappa shape index (κ1) is 29.1. The molecule has 2 N–H and O–H groups in total. The number of fused-ring (bicyclic) bond motifs is 2. The van der Waals surface area contributed by atoms with Gasteiger partial charge in [-0.05, 0) is 65.1 Å². The summed E-state index contributed by atoms with van der Waals surface area (Å²) in [5, 5.41) is 30.5. The van der Waals surface area contributed by atoms with Crippen LogP contribution in [0.2, 0.25) is 0 Å². The van der Waals surface area contributed by atoms with Gasteiger partial charge in [-0.15, -0.1) is 11.3 Å². The lowest BCUT2D eigenvalue weighted by Crippen LogP contribution is -2.35. The van der Waals surface area contributed by atoms with E-state index in [1.54, 1.807) is 0 Å². The molecular formula is C31H38N10OS. The highest BCUT2D eigenvalue weighted by Crippen LogP contribution is 2.46. The van der Waals surface area contributed by atoms with Crippen molar-refractivity contribution in [3.63, 3.8) is 0 Å². The van der Waals surface area contributed by atoms with Gasteiger partial charge in [0.25, 0.3) is 0 Å². The van der Waals surface area contributed by atoms with Gasteiger partial charge in [-0.1, -0.05) is 18.5 Å². The van der Waals surface area contributed by atoms with Crippen LogP contribution in [0.5, 0.6) is 0 Å². The van der Waals surface area contributed by atoms with E-state index in [1.807, 2.05) is 10.9 Å².